The van der Waals surface area contributed by atoms with Crippen LogP contribution in [0.1, 0.15) is 111 Å². The van der Waals surface area contributed by atoms with Gasteiger partial charge in [0.05, 0.1) is 8.22 Å². The number of nitrogens with zero attached hydrogens (tertiary/aromatic N) is 2. The van der Waals surface area contributed by atoms with Crippen LogP contribution in [-0.4, -0.2) is 33.5 Å². The Labute approximate surface area is 205 Å². The maximum atomic E-state index is 4.19. The summed E-state index contributed by atoms with van der Waals surface area (Å²) in [4.78, 5) is 0. The van der Waals surface area contributed by atoms with E-state index in [1.807, 2.05) is 0 Å². The molecule has 1 saturated carbocycles. The fourth-order valence-corrected chi connectivity index (χ4v) is 9.69. The molecular weight excluding hydrogens is 421 g/mol. The SMILES string of the molecule is CC(C)c1cccc(C(C)C)c1NC1=C(P2N(C(C)(C)C)CCN2C(C)(C)C)[C@H]2CC[C@@H]1C2. The Balaban J connectivity index is 1.86. The van der Waals surface area contributed by atoms with Crippen molar-refractivity contribution in [2.45, 2.75) is 111 Å². The van der Waals surface area contributed by atoms with Gasteiger partial charge in [0.25, 0.3) is 0 Å². The molecular formula is C29H48N3P. The van der Waals surface area contributed by atoms with Crippen LogP contribution in [0.2, 0.25) is 0 Å². The number of nitrogens with one attached hydrogen (secondary N) is 1. The van der Waals surface area contributed by atoms with Crippen molar-refractivity contribution in [1.29, 1.82) is 0 Å². The third-order valence-electron chi connectivity index (χ3n) is 7.88. The average molecular weight is 470 g/mol. The Morgan fingerprint density at radius 1 is 0.818 bits per heavy atom. The van der Waals surface area contributed by atoms with Gasteiger partial charge in [0.1, 0.15) is 0 Å². The Bertz CT molecular complexity index is 854. The maximum absolute atomic E-state index is 4.19. The minimum Gasteiger partial charge on any atom is -0.358 e. The highest BCUT2D eigenvalue weighted by Crippen LogP contribution is 2.69. The monoisotopic (exact) mass is 469 g/mol. The maximum Gasteiger partial charge on any atom is 0.0713 e. The van der Waals surface area contributed by atoms with Crippen LogP contribution in [0, 0.1) is 11.8 Å². The van der Waals surface area contributed by atoms with E-state index in [9.17, 15) is 0 Å². The first-order valence-electron chi connectivity index (χ1n) is 13.3. The summed E-state index contributed by atoms with van der Waals surface area (Å²) in [7, 11) is -0.466. The van der Waals surface area contributed by atoms with Gasteiger partial charge in [0.2, 0.25) is 0 Å². The first-order valence-corrected chi connectivity index (χ1v) is 14.5. The highest BCUT2D eigenvalue weighted by molar-refractivity contribution is 7.57. The van der Waals surface area contributed by atoms with Crippen LogP contribution in [0.15, 0.2) is 29.2 Å². The normalized spacial score (nSPS) is 25.3. The van der Waals surface area contributed by atoms with E-state index in [0.717, 1.165) is 5.92 Å². The molecule has 1 saturated heterocycles. The number of rotatable bonds is 5. The largest absolute Gasteiger partial charge is 0.358 e. The van der Waals surface area contributed by atoms with Crippen molar-refractivity contribution < 1.29 is 0 Å². The minimum atomic E-state index is -0.466. The summed E-state index contributed by atoms with van der Waals surface area (Å²) in [6, 6.07) is 6.95. The van der Waals surface area contributed by atoms with E-state index in [-0.39, 0.29) is 11.1 Å². The van der Waals surface area contributed by atoms with Crippen LogP contribution in [0.3, 0.4) is 0 Å². The molecule has 1 aromatic carbocycles. The minimum absolute atomic E-state index is 0.185. The first-order chi connectivity index (χ1) is 15.3. The molecule has 1 aliphatic heterocycles. The number of para-hydroxylation sites is 1. The lowest BCUT2D eigenvalue weighted by Gasteiger charge is -2.45. The van der Waals surface area contributed by atoms with Gasteiger partial charge in [-0.05, 0) is 89.7 Å². The van der Waals surface area contributed by atoms with Crippen molar-refractivity contribution in [3.8, 4) is 0 Å². The van der Waals surface area contributed by atoms with E-state index in [1.54, 1.807) is 11.0 Å². The molecule has 3 nitrogen and oxygen atoms in total. The van der Waals surface area contributed by atoms with E-state index in [0.29, 0.717) is 17.8 Å². The second-order valence-corrected chi connectivity index (χ2v) is 15.2. The quantitative estimate of drug-likeness (QED) is 0.436. The number of anilines is 1. The van der Waals surface area contributed by atoms with Crippen LogP contribution >= 0.6 is 8.22 Å². The zero-order valence-corrected chi connectivity index (χ0v) is 23.8. The van der Waals surface area contributed by atoms with Crippen LogP contribution in [-0.2, 0) is 0 Å². The standard InChI is InChI=1S/C29H48N3P/c1-19(2)23-12-11-13-24(20(3)4)26(23)30-25-21-14-15-22(18-21)27(25)33-31(28(5,6)7)16-17-32(33)29(8,9)10/h11-13,19-22,30H,14-18H2,1-10H3/t21-,22+/m1/s1. The molecule has 0 radical (unpaired) electrons. The molecule has 1 aromatic rings. The molecule has 184 valence electrons. The zero-order chi connectivity index (χ0) is 24.3. The molecule has 0 spiro atoms. The second-order valence-electron chi connectivity index (χ2n) is 13.1. The van der Waals surface area contributed by atoms with Crippen LogP contribution in [0.4, 0.5) is 5.69 Å². The molecule has 0 unspecified atom stereocenters. The van der Waals surface area contributed by atoms with Gasteiger partial charge in [0.15, 0.2) is 0 Å². The van der Waals surface area contributed by atoms with Crippen LogP contribution in [0.25, 0.3) is 0 Å². The van der Waals surface area contributed by atoms with E-state index in [4.69, 9.17) is 0 Å². The van der Waals surface area contributed by atoms with Crippen molar-refractivity contribution >= 4 is 13.9 Å². The molecule has 2 bridgehead atoms. The fraction of sp³-hybridized carbons (Fsp3) is 0.724. The van der Waals surface area contributed by atoms with E-state index in [1.165, 1.54) is 49.2 Å². The number of fused-ring (bicyclic) bond motifs is 2. The average Bonchev–Trinajstić information content (AvgIpc) is 3.41. The van der Waals surface area contributed by atoms with Crippen molar-refractivity contribution in [2.75, 3.05) is 18.4 Å². The Hall–Kier alpha value is -0.890. The molecule has 1 heterocycles. The highest BCUT2D eigenvalue weighted by atomic mass is 31.1. The van der Waals surface area contributed by atoms with Gasteiger partial charge in [0, 0.05) is 46.8 Å². The third-order valence-corrected chi connectivity index (χ3v) is 11.4. The van der Waals surface area contributed by atoms with Crippen molar-refractivity contribution in [2.24, 2.45) is 11.8 Å². The van der Waals surface area contributed by atoms with Gasteiger partial charge in [-0.25, -0.2) is 0 Å². The van der Waals surface area contributed by atoms with E-state index >= 15 is 0 Å². The summed E-state index contributed by atoms with van der Waals surface area (Å²) < 4.78 is 5.70. The fourth-order valence-electron chi connectivity index (χ4n) is 6.20. The van der Waals surface area contributed by atoms with Gasteiger partial charge in [-0.3, -0.25) is 9.34 Å². The predicted molar refractivity (Wildman–Crippen MR) is 146 cm³/mol. The molecule has 4 heteroatoms. The van der Waals surface area contributed by atoms with E-state index < -0.39 is 8.22 Å². The van der Waals surface area contributed by atoms with Gasteiger partial charge in [-0.2, -0.15) is 0 Å². The Morgan fingerprint density at radius 3 is 1.76 bits per heavy atom. The van der Waals surface area contributed by atoms with Gasteiger partial charge in [-0.15, -0.1) is 0 Å². The Morgan fingerprint density at radius 2 is 1.30 bits per heavy atom. The molecule has 1 N–H and O–H groups in total. The third kappa shape index (κ3) is 4.67. The van der Waals surface area contributed by atoms with Gasteiger partial charge in [-0.1, -0.05) is 45.9 Å². The highest BCUT2D eigenvalue weighted by Gasteiger charge is 2.51. The molecule has 2 fully saturated rings. The van der Waals surface area contributed by atoms with Gasteiger partial charge < -0.3 is 5.32 Å². The molecule has 4 rings (SSSR count). The summed E-state index contributed by atoms with van der Waals surface area (Å²) in [5.74, 6) is 2.49. The Kier molecular flexibility index (Phi) is 6.84. The second kappa shape index (κ2) is 8.96. The lowest BCUT2D eigenvalue weighted by Crippen LogP contribution is -2.39. The molecule has 2 aliphatic carbocycles. The van der Waals surface area contributed by atoms with Crippen molar-refractivity contribution in [1.82, 2.24) is 9.34 Å². The lowest BCUT2D eigenvalue weighted by molar-refractivity contribution is 0.271. The number of hydrogen-bond acceptors (Lipinski definition) is 3. The molecule has 0 aromatic heterocycles. The predicted octanol–water partition coefficient (Wildman–Crippen LogP) is 8.51. The molecule has 33 heavy (non-hydrogen) atoms. The summed E-state index contributed by atoms with van der Waals surface area (Å²) >= 11 is 0. The topological polar surface area (TPSA) is 18.5 Å². The van der Waals surface area contributed by atoms with Crippen LogP contribution in [0.5, 0.6) is 0 Å². The molecule has 0 amide bonds. The number of benzene rings is 1. The zero-order valence-electron chi connectivity index (χ0n) is 22.9. The van der Waals surface area contributed by atoms with Gasteiger partial charge >= 0.3 is 0 Å². The summed E-state index contributed by atoms with van der Waals surface area (Å²) in [6.45, 7) is 26.2. The van der Waals surface area contributed by atoms with Crippen molar-refractivity contribution in [3.05, 3.63) is 40.3 Å². The summed E-state index contributed by atoms with van der Waals surface area (Å²) in [6.07, 6.45) is 4.09. The summed E-state index contributed by atoms with van der Waals surface area (Å²) in [5.41, 5.74) is 6.31. The molecule has 3 aliphatic rings. The number of allylic oxidation sites excluding steroid dienone is 2. The lowest BCUT2D eigenvalue weighted by atomic mass is 9.92. The smallest absolute Gasteiger partial charge is 0.0713 e. The molecule has 2 atom stereocenters. The van der Waals surface area contributed by atoms with Crippen LogP contribution < -0.4 is 5.32 Å². The first kappa shape index (κ1) is 25.2. The number of hydrogen-bond donors (Lipinski definition) is 1. The summed E-state index contributed by atoms with van der Waals surface area (Å²) in [5, 5.41) is 5.96. The van der Waals surface area contributed by atoms with E-state index in [2.05, 4.69) is 102 Å². The van der Waals surface area contributed by atoms with Crippen molar-refractivity contribution in [3.63, 3.8) is 0 Å².